The molecule has 2 aromatic carbocycles. The van der Waals surface area contributed by atoms with Crippen molar-refractivity contribution in [2.45, 2.75) is 6.42 Å². The molecule has 150 valence electrons. The first-order chi connectivity index (χ1) is 14.0. The summed E-state index contributed by atoms with van der Waals surface area (Å²) in [6, 6.07) is 12.9. The van der Waals surface area contributed by atoms with Crippen LogP contribution in [-0.2, 0) is 14.3 Å². The number of nitrogens with one attached hydrogen (secondary N) is 1. The van der Waals surface area contributed by atoms with Crippen molar-refractivity contribution in [2.24, 2.45) is 0 Å². The van der Waals surface area contributed by atoms with E-state index >= 15 is 0 Å². The molecule has 3 amide bonds. The van der Waals surface area contributed by atoms with Gasteiger partial charge in [0.1, 0.15) is 0 Å². The molecule has 0 bridgehead atoms. The van der Waals surface area contributed by atoms with E-state index in [4.69, 9.17) is 9.47 Å². The Morgan fingerprint density at radius 1 is 1.00 bits per heavy atom. The molecular formula is C21H20N2O6. The Morgan fingerprint density at radius 3 is 2.45 bits per heavy atom. The van der Waals surface area contributed by atoms with Crippen molar-refractivity contribution in [3.8, 4) is 0 Å². The Morgan fingerprint density at radius 2 is 1.72 bits per heavy atom. The predicted octanol–water partition coefficient (Wildman–Crippen LogP) is 2.11. The number of anilines is 1. The van der Waals surface area contributed by atoms with E-state index in [9.17, 15) is 19.2 Å². The van der Waals surface area contributed by atoms with Crippen LogP contribution in [0.15, 0.2) is 48.5 Å². The summed E-state index contributed by atoms with van der Waals surface area (Å²) < 4.78 is 9.95. The molecule has 3 rings (SSSR count). The van der Waals surface area contributed by atoms with Crippen LogP contribution in [0.4, 0.5) is 5.69 Å². The Bertz CT molecular complexity index is 941. The normalized spacial score (nSPS) is 12.7. The fraction of sp³-hybridized carbons (Fsp3) is 0.238. The number of benzene rings is 2. The number of esters is 1. The molecule has 0 saturated carbocycles. The van der Waals surface area contributed by atoms with Crippen molar-refractivity contribution in [3.05, 3.63) is 65.2 Å². The number of para-hydroxylation sites is 1. The Hall–Kier alpha value is -3.52. The number of fused-ring (bicyclic) bond motifs is 1. The Labute approximate surface area is 167 Å². The monoisotopic (exact) mass is 396 g/mol. The standard InChI is InChI=1S/C21H20N2O6/c1-28-11-5-10-23-19(25)16-9-8-14(12-17(16)20(23)26)21(27)29-13-18(24)22-15-6-3-2-4-7-15/h2-4,6-9,12H,5,10-11,13H2,1H3,(H,22,24). The molecular weight excluding hydrogens is 376 g/mol. The van der Waals surface area contributed by atoms with Crippen molar-refractivity contribution < 1.29 is 28.7 Å². The van der Waals surface area contributed by atoms with Gasteiger partial charge in [-0.3, -0.25) is 19.3 Å². The van der Waals surface area contributed by atoms with Crippen molar-refractivity contribution >= 4 is 29.4 Å². The van der Waals surface area contributed by atoms with E-state index in [1.807, 2.05) is 6.07 Å². The minimum atomic E-state index is -0.755. The Balaban J connectivity index is 1.61. The molecule has 1 heterocycles. The number of imide groups is 1. The van der Waals surface area contributed by atoms with Crippen LogP contribution in [0.2, 0.25) is 0 Å². The molecule has 1 aliphatic rings. The van der Waals surface area contributed by atoms with Gasteiger partial charge in [-0.2, -0.15) is 0 Å². The fourth-order valence-corrected chi connectivity index (χ4v) is 2.92. The average molecular weight is 396 g/mol. The topological polar surface area (TPSA) is 102 Å². The maximum absolute atomic E-state index is 12.5. The highest BCUT2D eigenvalue weighted by Crippen LogP contribution is 2.24. The van der Waals surface area contributed by atoms with E-state index < -0.39 is 30.3 Å². The quantitative estimate of drug-likeness (QED) is 0.417. The molecule has 8 heteroatoms. The summed E-state index contributed by atoms with van der Waals surface area (Å²) in [6.07, 6.45) is 0.521. The molecule has 0 unspecified atom stereocenters. The first-order valence-electron chi connectivity index (χ1n) is 9.02. The predicted molar refractivity (Wildman–Crippen MR) is 104 cm³/mol. The number of methoxy groups -OCH3 is 1. The van der Waals surface area contributed by atoms with E-state index in [1.165, 1.54) is 18.2 Å². The molecule has 0 saturated heterocycles. The molecule has 0 aromatic heterocycles. The van der Waals surface area contributed by atoms with E-state index in [-0.39, 0.29) is 23.2 Å². The maximum Gasteiger partial charge on any atom is 0.338 e. The lowest BCUT2D eigenvalue weighted by Gasteiger charge is -2.12. The summed E-state index contributed by atoms with van der Waals surface area (Å²) in [5.41, 5.74) is 1.07. The van der Waals surface area contributed by atoms with Crippen molar-refractivity contribution in [3.63, 3.8) is 0 Å². The van der Waals surface area contributed by atoms with Crippen LogP contribution in [0.1, 0.15) is 37.5 Å². The van der Waals surface area contributed by atoms with Gasteiger partial charge in [0, 0.05) is 25.9 Å². The van der Waals surface area contributed by atoms with Gasteiger partial charge in [0.05, 0.1) is 16.7 Å². The van der Waals surface area contributed by atoms with Crippen molar-refractivity contribution in [2.75, 3.05) is 32.2 Å². The fourth-order valence-electron chi connectivity index (χ4n) is 2.92. The van der Waals surface area contributed by atoms with Crippen LogP contribution in [0.5, 0.6) is 0 Å². The van der Waals surface area contributed by atoms with Gasteiger partial charge in [-0.1, -0.05) is 18.2 Å². The summed E-state index contributed by atoms with van der Waals surface area (Å²) in [5, 5.41) is 2.60. The van der Waals surface area contributed by atoms with Gasteiger partial charge in [-0.05, 0) is 36.8 Å². The largest absolute Gasteiger partial charge is 0.452 e. The summed E-state index contributed by atoms with van der Waals surface area (Å²) in [4.78, 5) is 50.1. The molecule has 2 aromatic rings. The molecule has 8 nitrogen and oxygen atoms in total. The van der Waals surface area contributed by atoms with Crippen LogP contribution in [0.3, 0.4) is 0 Å². The number of nitrogens with zero attached hydrogens (tertiary/aromatic N) is 1. The lowest BCUT2D eigenvalue weighted by atomic mass is 10.1. The molecule has 1 aliphatic heterocycles. The van der Waals surface area contributed by atoms with Crippen LogP contribution in [0, 0.1) is 0 Å². The number of hydrogen-bond acceptors (Lipinski definition) is 6. The zero-order valence-electron chi connectivity index (χ0n) is 15.8. The van der Waals surface area contributed by atoms with Gasteiger partial charge in [-0.25, -0.2) is 4.79 Å². The third-order valence-corrected chi connectivity index (χ3v) is 4.33. The molecule has 0 fully saturated rings. The first-order valence-corrected chi connectivity index (χ1v) is 9.02. The number of amides is 3. The van der Waals surface area contributed by atoms with E-state index in [0.29, 0.717) is 18.7 Å². The van der Waals surface area contributed by atoms with Crippen molar-refractivity contribution in [1.82, 2.24) is 4.90 Å². The third-order valence-electron chi connectivity index (χ3n) is 4.33. The highest BCUT2D eigenvalue weighted by molar-refractivity contribution is 6.22. The minimum Gasteiger partial charge on any atom is -0.452 e. The van der Waals surface area contributed by atoms with Crippen molar-refractivity contribution in [1.29, 1.82) is 0 Å². The molecule has 0 spiro atoms. The number of carbonyl (C=O) groups is 4. The molecule has 0 radical (unpaired) electrons. The second-order valence-electron chi connectivity index (χ2n) is 6.36. The number of rotatable bonds is 8. The van der Waals surface area contributed by atoms with Gasteiger partial charge >= 0.3 is 5.97 Å². The first kappa shape index (κ1) is 20.2. The smallest absolute Gasteiger partial charge is 0.338 e. The highest BCUT2D eigenvalue weighted by atomic mass is 16.5. The number of ether oxygens (including phenoxy) is 2. The molecule has 0 aliphatic carbocycles. The van der Waals surface area contributed by atoms with Gasteiger partial charge in [-0.15, -0.1) is 0 Å². The highest BCUT2D eigenvalue weighted by Gasteiger charge is 2.35. The van der Waals surface area contributed by atoms with E-state index in [0.717, 1.165) is 4.90 Å². The summed E-state index contributed by atoms with van der Waals surface area (Å²) in [7, 11) is 1.54. The summed E-state index contributed by atoms with van der Waals surface area (Å²) in [6.45, 7) is 0.191. The zero-order valence-corrected chi connectivity index (χ0v) is 15.8. The van der Waals surface area contributed by atoms with Crippen LogP contribution < -0.4 is 5.32 Å². The number of carbonyl (C=O) groups excluding carboxylic acids is 4. The molecule has 1 N–H and O–H groups in total. The van der Waals surface area contributed by atoms with Crippen LogP contribution in [-0.4, -0.2) is 55.5 Å². The van der Waals surface area contributed by atoms with Crippen LogP contribution >= 0.6 is 0 Å². The second-order valence-corrected chi connectivity index (χ2v) is 6.36. The third kappa shape index (κ3) is 4.67. The van der Waals surface area contributed by atoms with E-state index in [2.05, 4.69) is 5.32 Å². The Kier molecular flexibility index (Phi) is 6.36. The van der Waals surface area contributed by atoms with Gasteiger partial charge in [0.2, 0.25) is 0 Å². The molecule has 0 atom stereocenters. The number of hydrogen-bond donors (Lipinski definition) is 1. The van der Waals surface area contributed by atoms with E-state index in [1.54, 1.807) is 31.4 Å². The average Bonchev–Trinajstić information content (AvgIpc) is 2.97. The lowest BCUT2D eigenvalue weighted by molar-refractivity contribution is -0.119. The van der Waals surface area contributed by atoms with Gasteiger partial charge in [0.15, 0.2) is 6.61 Å². The second kappa shape index (κ2) is 9.11. The van der Waals surface area contributed by atoms with Crippen LogP contribution in [0.25, 0.3) is 0 Å². The van der Waals surface area contributed by atoms with Gasteiger partial charge in [0.25, 0.3) is 17.7 Å². The summed E-state index contributed by atoms with van der Waals surface area (Å²) in [5.74, 6) is -2.10. The lowest BCUT2D eigenvalue weighted by Crippen LogP contribution is -2.31. The maximum atomic E-state index is 12.5. The zero-order chi connectivity index (χ0) is 20.8. The minimum absolute atomic E-state index is 0.0937. The van der Waals surface area contributed by atoms with Gasteiger partial charge < -0.3 is 14.8 Å². The molecule has 29 heavy (non-hydrogen) atoms. The SMILES string of the molecule is COCCCN1C(=O)c2ccc(C(=O)OCC(=O)Nc3ccccc3)cc2C1=O. The summed E-state index contributed by atoms with van der Waals surface area (Å²) >= 11 is 0.